The quantitative estimate of drug-likeness (QED) is 0.899. The van der Waals surface area contributed by atoms with Crippen molar-refractivity contribution in [1.82, 2.24) is 0 Å². The van der Waals surface area contributed by atoms with Crippen LogP contribution < -0.4 is 4.72 Å². The first kappa shape index (κ1) is 14.8. The molecule has 0 spiro atoms. The summed E-state index contributed by atoms with van der Waals surface area (Å²) in [5.74, 6) is -2.07. The van der Waals surface area contributed by atoms with Crippen LogP contribution in [0.5, 0.6) is 0 Å². The number of carboxylic acid groups (broad SMARTS) is 1. The number of rotatable bonds is 4. The zero-order valence-electron chi connectivity index (χ0n) is 9.63. The molecule has 0 radical (unpaired) electrons. The molecule has 1 aromatic heterocycles. The van der Waals surface area contributed by atoms with E-state index in [1.165, 1.54) is 17.5 Å². The minimum absolute atomic E-state index is 0.0939. The highest BCUT2D eigenvalue weighted by molar-refractivity contribution is 7.94. The Morgan fingerprint density at radius 1 is 1.40 bits per heavy atom. The number of sulfonamides is 1. The molecule has 0 aliphatic heterocycles. The van der Waals surface area contributed by atoms with E-state index in [2.05, 4.69) is 0 Å². The van der Waals surface area contributed by atoms with E-state index >= 15 is 0 Å². The summed E-state index contributed by atoms with van der Waals surface area (Å²) in [6, 6.07) is 4.72. The third-order valence-corrected chi connectivity index (χ3v) is 5.39. The summed E-state index contributed by atoms with van der Waals surface area (Å²) in [7, 11) is -4.09. The molecule has 1 aromatic carbocycles. The van der Waals surface area contributed by atoms with Gasteiger partial charge in [-0.05, 0) is 18.2 Å². The summed E-state index contributed by atoms with van der Waals surface area (Å²) < 4.78 is 39.3. The second-order valence-corrected chi connectivity index (χ2v) is 6.89. The number of halogens is 2. The molecule has 9 heteroatoms. The Morgan fingerprint density at radius 3 is 2.65 bits per heavy atom. The minimum atomic E-state index is -4.09. The molecule has 0 atom stereocenters. The monoisotopic (exact) mass is 335 g/mol. The van der Waals surface area contributed by atoms with Crippen LogP contribution in [-0.4, -0.2) is 19.5 Å². The number of benzene rings is 1. The number of carboxylic acids is 1. The molecule has 5 nitrogen and oxygen atoms in total. The van der Waals surface area contributed by atoms with Crippen molar-refractivity contribution in [3.8, 4) is 0 Å². The number of thiophene rings is 1. The third-order valence-electron chi connectivity index (χ3n) is 2.29. The lowest BCUT2D eigenvalue weighted by Gasteiger charge is -2.08. The number of para-hydroxylation sites is 1. The van der Waals surface area contributed by atoms with Crippen molar-refractivity contribution in [2.24, 2.45) is 0 Å². The molecule has 0 saturated heterocycles. The van der Waals surface area contributed by atoms with Crippen molar-refractivity contribution in [2.75, 3.05) is 4.72 Å². The van der Waals surface area contributed by atoms with Crippen LogP contribution in [0, 0.1) is 5.82 Å². The lowest BCUT2D eigenvalue weighted by Crippen LogP contribution is -2.13. The Bertz CT molecular complexity index is 752. The smallest absolute Gasteiger partial charge is 0.336 e. The average Bonchev–Trinajstić information content (AvgIpc) is 2.84. The van der Waals surface area contributed by atoms with Crippen LogP contribution in [0.3, 0.4) is 0 Å². The summed E-state index contributed by atoms with van der Waals surface area (Å²) >= 11 is 6.44. The Kier molecular flexibility index (Phi) is 3.98. The molecular formula is C11H7ClFNO4S2. The fourth-order valence-corrected chi connectivity index (χ4v) is 3.86. The zero-order valence-corrected chi connectivity index (χ0v) is 12.0. The lowest BCUT2D eigenvalue weighted by atomic mass is 10.3. The SMILES string of the molecule is O=C(O)c1csc(S(=O)(=O)Nc2c(F)cccc2Cl)c1. The second-order valence-electron chi connectivity index (χ2n) is 3.66. The first-order chi connectivity index (χ1) is 9.31. The maximum absolute atomic E-state index is 13.5. The van der Waals surface area contributed by atoms with E-state index in [-0.39, 0.29) is 20.5 Å². The summed E-state index contributed by atoms with van der Waals surface area (Å²) in [5, 5.41) is 9.84. The molecule has 106 valence electrons. The van der Waals surface area contributed by atoms with Gasteiger partial charge in [-0.25, -0.2) is 17.6 Å². The molecule has 0 bridgehead atoms. The average molecular weight is 336 g/mol. The van der Waals surface area contributed by atoms with Crippen molar-refractivity contribution in [2.45, 2.75) is 4.21 Å². The number of hydrogen-bond donors (Lipinski definition) is 2. The summed E-state index contributed by atoms with van der Waals surface area (Å²) in [6.45, 7) is 0. The van der Waals surface area contributed by atoms with Crippen molar-refractivity contribution in [3.05, 3.63) is 46.0 Å². The van der Waals surface area contributed by atoms with E-state index < -0.39 is 21.8 Å². The van der Waals surface area contributed by atoms with E-state index in [4.69, 9.17) is 16.7 Å². The largest absolute Gasteiger partial charge is 0.478 e. The molecule has 0 unspecified atom stereocenters. The van der Waals surface area contributed by atoms with Crippen LogP contribution in [0.4, 0.5) is 10.1 Å². The highest BCUT2D eigenvalue weighted by Gasteiger charge is 2.21. The Balaban J connectivity index is 2.38. The van der Waals surface area contributed by atoms with Gasteiger partial charge >= 0.3 is 5.97 Å². The predicted molar refractivity (Wildman–Crippen MR) is 73.5 cm³/mol. The van der Waals surface area contributed by atoms with Gasteiger partial charge in [-0.3, -0.25) is 4.72 Å². The van der Waals surface area contributed by atoms with Crippen molar-refractivity contribution in [3.63, 3.8) is 0 Å². The zero-order chi connectivity index (χ0) is 14.9. The molecule has 0 amide bonds. The van der Waals surface area contributed by atoms with Gasteiger partial charge in [-0.1, -0.05) is 17.7 Å². The minimum Gasteiger partial charge on any atom is -0.478 e. The number of nitrogens with one attached hydrogen (secondary N) is 1. The highest BCUT2D eigenvalue weighted by Crippen LogP contribution is 2.29. The molecule has 2 N–H and O–H groups in total. The van der Waals surface area contributed by atoms with Crippen LogP contribution in [-0.2, 0) is 10.0 Å². The summed E-state index contributed by atoms with van der Waals surface area (Å²) in [6.07, 6.45) is 0. The van der Waals surface area contributed by atoms with Gasteiger partial charge in [0.1, 0.15) is 15.7 Å². The molecule has 20 heavy (non-hydrogen) atoms. The van der Waals surface area contributed by atoms with Gasteiger partial charge in [0, 0.05) is 5.38 Å². The van der Waals surface area contributed by atoms with E-state index in [9.17, 15) is 17.6 Å². The van der Waals surface area contributed by atoms with E-state index in [1.807, 2.05) is 4.72 Å². The number of hydrogen-bond acceptors (Lipinski definition) is 4. The van der Waals surface area contributed by atoms with Crippen LogP contribution >= 0.6 is 22.9 Å². The first-order valence-corrected chi connectivity index (χ1v) is 7.84. The summed E-state index contributed by atoms with van der Waals surface area (Å²) in [4.78, 5) is 10.7. The molecule has 0 aliphatic carbocycles. The van der Waals surface area contributed by atoms with Crippen molar-refractivity contribution in [1.29, 1.82) is 0 Å². The standard InChI is InChI=1S/C11H7ClFNO4S2/c12-7-2-1-3-8(13)10(7)14-20(17,18)9-4-6(5-19-9)11(15)16/h1-5,14H,(H,15,16). The fourth-order valence-electron chi connectivity index (χ4n) is 1.35. The molecule has 0 fully saturated rings. The van der Waals surface area contributed by atoms with Gasteiger partial charge in [0.15, 0.2) is 0 Å². The maximum atomic E-state index is 13.5. The molecule has 1 heterocycles. The maximum Gasteiger partial charge on any atom is 0.336 e. The Morgan fingerprint density at radius 2 is 2.10 bits per heavy atom. The number of carbonyl (C=O) groups is 1. The van der Waals surface area contributed by atoms with Crippen LogP contribution in [0.2, 0.25) is 5.02 Å². The molecule has 2 aromatic rings. The van der Waals surface area contributed by atoms with Gasteiger partial charge in [0.25, 0.3) is 10.0 Å². The lowest BCUT2D eigenvalue weighted by molar-refractivity contribution is 0.0697. The van der Waals surface area contributed by atoms with Gasteiger partial charge in [-0.2, -0.15) is 0 Å². The third kappa shape index (κ3) is 2.92. The van der Waals surface area contributed by atoms with Crippen molar-refractivity contribution < 1.29 is 22.7 Å². The fraction of sp³-hybridized carbons (Fsp3) is 0. The van der Waals surface area contributed by atoms with Crippen LogP contribution in [0.15, 0.2) is 33.9 Å². The highest BCUT2D eigenvalue weighted by atomic mass is 35.5. The van der Waals surface area contributed by atoms with Gasteiger partial charge in [0.05, 0.1) is 10.6 Å². The Labute approximate surface area is 122 Å². The summed E-state index contributed by atoms with van der Waals surface area (Å²) in [5.41, 5.74) is -0.533. The van der Waals surface area contributed by atoms with Gasteiger partial charge < -0.3 is 5.11 Å². The molecule has 2 rings (SSSR count). The van der Waals surface area contributed by atoms with Crippen molar-refractivity contribution >= 4 is 44.6 Å². The van der Waals surface area contributed by atoms with Crippen LogP contribution in [0.25, 0.3) is 0 Å². The van der Waals surface area contributed by atoms with Crippen LogP contribution in [0.1, 0.15) is 10.4 Å². The predicted octanol–water partition coefficient (Wildman–Crippen LogP) is 3.04. The van der Waals surface area contributed by atoms with Gasteiger partial charge in [-0.15, -0.1) is 11.3 Å². The Hall–Kier alpha value is -1.64. The number of anilines is 1. The van der Waals surface area contributed by atoms with Gasteiger partial charge in [0.2, 0.25) is 0 Å². The van der Waals surface area contributed by atoms with E-state index in [0.29, 0.717) is 0 Å². The molecule has 0 saturated carbocycles. The first-order valence-electron chi connectivity index (χ1n) is 5.10. The second kappa shape index (κ2) is 5.39. The molecular weight excluding hydrogens is 329 g/mol. The van der Waals surface area contributed by atoms with E-state index in [0.717, 1.165) is 23.5 Å². The topological polar surface area (TPSA) is 83.5 Å². The van der Waals surface area contributed by atoms with E-state index in [1.54, 1.807) is 0 Å². The number of aromatic carboxylic acids is 1. The molecule has 0 aliphatic rings. The normalized spacial score (nSPS) is 11.3.